The van der Waals surface area contributed by atoms with Gasteiger partial charge in [0.25, 0.3) is 5.91 Å². The number of aryl methyl sites for hydroxylation is 1. The Bertz CT molecular complexity index is 848. The number of hydrogen-bond donors (Lipinski definition) is 0. The summed E-state index contributed by atoms with van der Waals surface area (Å²) < 4.78 is 6.61. The molecule has 0 radical (unpaired) electrons. The zero-order valence-corrected chi connectivity index (χ0v) is 18.6. The Kier molecular flexibility index (Phi) is 6.62. The lowest BCUT2D eigenvalue weighted by molar-refractivity contribution is 0.0988. The zero-order valence-electron chi connectivity index (χ0n) is 17.0. The molecule has 0 atom stereocenters. The third-order valence-corrected chi connectivity index (χ3v) is 6.17. The number of ether oxygens (including phenoxy) is 1. The Morgan fingerprint density at radius 1 is 1.14 bits per heavy atom. The molecule has 3 rings (SSSR count). The van der Waals surface area contributed by atoms with Crippen molar-refractivity contribution in [2.75, 3.05) is 56.7 Å². The van der Waals surface area contributed by atoms with Crippen LogP contribution in [0.2, 0.25) is 0 Å². The molecular formula is C22H28BrN3O2. The lowest BCUT2D eigenvalue weighted by atomic mass is 10.1. The summed E-state index contributed by atoms with van der Waals surface area (Å²) in [6, 6.07) is 11.7. The summed E-state index contributed by atoms with van der Waals surface area (Å²) in [5, 5.41) is 0. The van der Waals surface area contributed by atoms with Crippen LogP contribution in [0.1, 0.15) is 22.8 Å². The number of anilines is 2. The molecule has 1 heterocycles. The Morgan fingerprint density at radius 2 is 1.86 bits per heavy atom. The molecular weight excluding hydrogens is 418 g/mol. The van der Waals surface area contributed by atoms with Crippen molar-refractivity contribution in [2.45, 2.75) is 13.8 Å². The molecule has 0 aromatic heterocycles. The molecule has 5 nitrogen and oxygen atoms in total. The Labute approximate surface area is 176 Å². The van der Waals surface area contributed by atoms with Gasteiger partial charge in [0.2, 0.25) is 0 Å². The van der Waals surface area contributed by atoms with E-state index < -0.39 is 0 Å². The maximum Gasteiger partial charge on any atom is 0.258 e. The van der Waals surface area contributed by atoms with Crippen LogP contribution in [0.5, 0.6) is 5.75 Å². The number of amides is 1. The molecule has 1 amide bonds. The monoisotopic (exact) mass is 445 g/mol. The topological polar surface area (TPSA) is 36.0 Å². The number of methoxy groups -OCH3 is 1. The lowest BCUT2D eigenvalue weighted by Crippen LogP contribution is -2.44. The largest absolute Gasteiger partial charge is 0.495 e. The van der Waals surface area contributed by atoms with Gasteiger partial charge < -0.3 is 19.4 Å². The number of nitrogens with zero attached hydrogens (tertiary/aromatic N) is 3. The van der Waals surface area contributed by atoms with Crippen molar-refractivity contribution in [1.29, 1.82) is 0 Å². The predicted molar refractivity (Wildman–Crippen MR) is 119 cm³/mol. The van der Waals surface area contributed by atoms with E-state index in [1.807, 2.05) is 49.1 Å². The standard InChI is InChI=1S/C22H28BrN3O2/c1-5-26(22(27)17-6-8-19(23)16(2)14-17)18-7-9-21(28-4)20(15-18)25-12-10-24(3)11-13-25/h6-9,14-15H,5,10-13H2,1-4H3. The molecule has 0 unspecified atom stereocenters. The van der Waals surface area contributed by atoms with E-state index >= 15 is 0 Å². The number of benzene rings is 2. The van der Waals surface area contributed by atoms with E-state index in [1.165, 1.54) is 0 Å². The first kappa shape index (κ1) is 20.7. The van der Waals surface area contributed by atoms with Crippen molar-refractivity contribution in [3.8, 4) is 5.75 Å². The van der Waals surface area contributed by atoms with Crippen LogP contribution in [0.25, 0.3) is 0 Å². The van der Waals surface area contributed by atoms with Gasteiger partial charge in [-0.25, -0.2) is 0 Å². The maximum absolute atomic E-state index is 13.2. The second kappa shape index (κ2) is 8.97. The molecule has 0 N–H and O–H groups in total. The number of likely N-dealkylation sites (N-methyl/N-ethyl adjacent to an activating group) is 1. The summed E-state index contributed by atoms with van der Waals surface area (Å²) in [6.45, 7) is 8.52. The summed E-state index contributed by atoms with van der Waals surface area (Å²) >= 11 is 3.50. The molecule has 0 spiro atoms. The molecule has 2 aromatic carbocycles. The van der Waals surface area contributed by atoms with Crippen molar-refractivity contribution < 1.29 is 9.53 Å². The number of hydrogen-bond acceptors (Lipinski definition) is 4. The van der Waals surface area contributed by atoms with Crippen LogP contribution in [0.4, 0.5) is 11.4 Å². The van der Waals surface area contributed by atoms with Crippen molar-refractivity contribution in [2.24, 2.45) is 0 Å². The fourth-order valence-electron chi connectivity index (χ4n) is 3.52. The molecule has 1 aliphatic heterocycles. The minimum Gasteiger partial charge on any atom is -0.495 e. The van der Waals surface area contributed by atoms with E-state index in [-0.39, 0.29) is 5.91 Å². The van der Waals surface area contributed by atoms with Gasteiger partial charge in [0.05, 0.1) is 12.8 Å². The third kappa shape index (κ3) is 4.33. The average molecular weight is 446 g/mol. The van der Waals surface area contributed by atoms with Gasteiger partial charge >= 0.3 is 0 Å². The van der Waals surface area contributed by atoms with Gasteiger partial charge in [-0.3, -0.25) is 4.79 Å². The highest BCUT2D eigenvalue weighted by molar-refractivity contribution is 9.10. The van der Waals surface area contributed by atoms with Gasteiger partial charge in [0.15, 0.2) is 0 Å². The second-order valence-electron chi connectivity index (χ2n) is 7.16. The number of rotatable bonds is 5. The van der Waals surface area contributed by atoms with Gasteiger partial charge in [-0.05, 0) is 62.9 Å². The van der Waals surface area contributed by atoms with E-state index in [4.69, 9.17) is 4.74 Å². The van der Waals surface area contributed by atoms with Crippen LogP contribution in [-0.4, -0.2) is 57.7 Å². The van der Waals surface area contributed by atoms with Crippen LogP contribution in [-0.2, 0) is 0 Å². The molecule has 1 aliphatic rings. The van der Waals surface area contributed by atoms with Crippen molar-refractivity contribution in [3.05, 3.63) is 52.0 Å². The molecule has 1 fully saturated rings. The molecule has 0 saturated carbocycles. The molecule has 2 aromatic rings. The van der Waals surface area contributed by atoms with Gasteiger partial charge in [0, 0.05) is 48.4 Å². The van der Waals surface area contributed by atoms with E-state index in [9.17, 15) is 4.79 Å². The lowest BCUT2D eigenvalue weighted by Gasteiger charge is -2.35. The van der Waals surface area contributed by atoms with Gasteiger partial charge in [-0.1, -0.05) is 15.9 Å². The van der Waals surface area contributed by atoms with Crippen molar-refractivity contribution >= 4 is 33.2 Å². The predicted octanol–water partition coefficient (Wildman–Crippen LogP) is 4.18. The van der Waals surface area contributed by atoms with Gasteiger partial charge in [0.1, 0.15) is 5.75 Å². The first-order valence-corrected chi connectivity index (χ1v) is 10.4. The van der Waals surface area contributed by atoms with Gasteiger partial charge in [-0.2, -0.15) is 0 Å². The normalized spacial score (nSPS) is 14.8. The van der Waals surface area contributed by atoms with Crippen LogP contribution in [0.15, 0.2) is 40.9 Å². The summed E-state index contributed by atoms with van der Waals surface area (Å²) in [6.07, 6.45) is 0. The van der Waals surface area contributed by atoms with E-state index in [0.29, 0.717) is 12.1 Å². The second-order valence-corrected chi connectivity index (χ2v) is 8.01. The maximum atomic E-state index is 13.2. The minimum atomic E-state index is 0.00703. The summed E-state index contributed by atoms with van der Waals surface area (Å²) in [7, 11) is 3.84. The Hall–Kier alpha value is -2.05. The minimum absolute atomic E-state index is 0.00703. The quantitative estimate of drug-likeness (QED) is 0.691. The average Bonchev–Trinajstić information content (AvgIpc) is 2.71. The van der Waals surface area contributed by atoms with Crippen LogP contribution >= 0.6 is 15.9 Å². The fourth-order valence-corrected chi connectivity index (χ4v) is 3.76. The first-order valence-electron chi connectivity index (χ1n) is 9.64. The molecule has 28 heavy (non-hydrogen) atoms. The van der Waals surface area contributed by atoms with Crippen LogP contribution in [0, 0.1) is 6.92 Å². The van der Waals surface area contributed by atoms with Crippen molar-refractivity contribution in [3.63, 3.8) is 0 Å². The van der Waals surface area contributed by atoms with E-state index in [1.54, 1.807) is 7.11 Å². The summed E-state index contributed by atoms with van der Waals surface area (Å²) in [5.74, 6) is 0.851. The number of piperazine rings is 1. The highest BCUT2D eigenvalue weighted by Gasteiger charge is 2.22. The molecule has 0 aliphatic carbocycles. The number of halogens is 1. The fraction of sp³-hybridized carbons (Fsp3) is 0.409. The molecule has 0 bridgehead atoms. The van der Waals surface area contributed by atoms with E-state index in [0.717, 1.165) is 53.3 Å². The molecule has 150 valence electrons. The summed E-state index contributed by atoms with van der Waals surface area (Å²) in [4.78, 5) is 19.7. The van der Waals surface area contributed by atoms with Crippen molar-refractivity contribution in [1.82, 2.24) is 4.90 Å². The third-order valence-electron chi connectivity index (χ3n) is 5.28. The summed E-state index contributed by atoms with van der Waals surface area (Å²) in [5.41, 5.74) is 3.68. The molecule has 6 heteroatoms. The highest BCUT2D eigenvalue weighted by Crippen LogP contribution is 2.34. The zero-order chi connectivity index (χ0) is 20.3. The Morgan fingerprint density at radius 3 is 2.46 bits per heavy atom. The van der Waals surface area contributed by atoms with E-state index in [2.05, 4.69) is 38.8 Å². The number of carbonyl (C=O) groups excluding carboxylic acids is 1. The highest BCUT2D eigenvalue weighted by atomic mass is 79.9. The smallest absolute Gasteiger partial charge is 0.258 e. The van der Waals surface area contributed by atoms with Crippen LogP contribution < -0.4 is 14.5 Å². The van der Waals surface area contributed by atoms with Gasteiger partial charge in [-0.15, -0.1) is 0 Å². The molecule has 1 saturated heterocycles. The number of carbonyl (C=O) groups is 1. The Balaban J connectivity index is 1.92. The SMILES string of the molecule is CCN(C(=O)c1ccc(Br)c(C)c1)c1ccc(OC)c(N2CCN(C)CC2)c1. The van der Waals surface area contributed by atoms with Crippen LogP contribution in [0.3, 0.4) is 0 Å². The first-order chi connectivity index (χ1) is 13.4.